The van der Waals surface area contributed by atoms with Gasteiger partial charge in [0.05, 0.1) is 28.6 Å². The van der Waals surface area contributed by atoms with Crippen LogP contribution in [0.3, 0.4) is 0 Å². The van der Waals surface area contributed by atoms with E-state index in [1.54, 1.807) is 12.3 Å². The van der Waals surface area contributed by atoms with Crippen molar-refractivity contribution in [1.82, 2.24) is 9.97 Å². The van der Waals surface area contributed by atoms with E-state index in [-0.39, 0.29) is 18.7 Å². The molecule has 0 bridgehead atoms. The standard InChI is InChI=1S/C26H22F6N4O/c27-25(28,29)18-11-15(36-21-8-10-33-23-17(21)5-6-22(23)37)12-19(26(30,31)32)24(18)34-9-7-14-13-35-20-4-2-1-3-16(14)20/h1-4,8,10-13,22,34-35,37H,5-7,9H2,(H,33,36). The molecular formula is C26H22F6N4O. The van der Waals surface area contributed by atoms with Gasteiger partial charge in [0, 0.05) is 41.2 Å². The van der Waals surface area contributed by atoms with Gasteiger partial charge in [0.25, 0.3) is 0 Å². The number of aliphatic hydroxyl groups is 1. The Labute approximate surface area is 207 Å². The van der Waals surface area contributed by atoms with Crippen LogP contribution in [0.25, 0.3) is 10.9 Å². The number of aromatic amines is 1. The van der Waals surface area contributed by atoms with E-state index in [2.05, 4.69) is 20.6 Å². The molecule has 0 saturated heterocycles. The molecule has 37 heavy (non-hydrogen) atoms. The number of H-pyrrole nitrogens is 1. The lowest BCUT2D eigenvalue weighted by molar-refractivity contribution is -0.141. The third kappa shape index (κ3) is 4.95. The van der Waals surface area contributed by atoms with Gasteiger partial charge in [0.15, 0.2) is 0 Å². The van der Waals surface area contributed by atoms with Crippen LogP contribution in [-0.2, 0) is 25.2 Å². The van der Waals surface area contributed by atoms with Crippen molar-refractivity contribution in [2.45, 2.75) is 37.7 Å². The molecule has 2 heterocycles. The number of halogens is 6. The summed E-state index contributed by atoms with van der Waals surface area (Å²) in [4.78, 5) is 7.12. The molecule has 5 rings (SSSR count). The Morgan fingerprint density at radius 1 is 1.00 bits per heavy atom. The molecule has 0 fully saturated rings. The second-order valence-electron chi connectivity index (χ2n) is 8.88. The molecule has 1 aliphatic rings. The quantitative estimate of drug-likeness (QED) is 0.207. The molecule has 0 aliphatic heterocycles. The highest BCUT2D eigenvalue weighted by atomic mass is 19.4. The zero-order valence-corrected chi connectivity index (χ0v) is 19.3. The Morgan fingerprint density at radius 3 is 2.41 bits per heavy atom. The number of anilines is 3. The first-order valence-electron chi connectivity index (χ1n) is 11.6. The fourth-order valence-corrected chi connectivity index (χ4v) is 4.76. The molecule has 4 N–H and O–H groups in total. The van der Waals surface area contributed by atoms with Crippen LogP contribution >= 0.6 is 0 Å². The van der Waals surface area contributed by atoms with E-state index < -0.39 is 35.3 Å². The summed E-state index contributed by atoms with van der Waals surface area (Å²) in [6.45, 7) is -0.142. The number of alkyl halides is 6. The van der Waals surface area contributed by atoms with Crippen LogP contribution in [0.15, 0.2) is 54.9 Å². The number of pyridine rings is 1. The molecule has 0 saturated carbocycles. The maximum atomic E-state index is 14.0. The molecule has 0 amide bonds. The van der Waals surface area contributed by atoms with E-state index >= 15 is 0 Å². The SMILES string of the molecule is OC1CCc2c(Nc3cc(C(F)(F)F)c(NCCc4c[nH]c5ccccc45)c(C(F)(F)F)c3)ccnc21. The zero-order chi connectivity index (χ0) is 26.4. The predicted molar refractivity (Wildman–Crippen MR) is 128 cm³/mol. The van der Waals surface area contributed by atoms with Crippen molar-refractivity contribution in [2.24, 2.45) is 0 Å². The van der Waals surface area contributed by atoms with Gasteiger partial charge in [0.1, 0.15) is 0 Å². The topological polar surface area (TPSA) is 73.0 Å². The first-order valence-corrected chi connectivity index (χ1v) is 11.6. The minimum Gasteiger partial charge on any atom is -0.387 e. The van der Waals surface area contributed by atoms with Crippen LogP contribution < -0.4 is 10.6 Å². The van der Waals surface area contributed by atoms with Gasteiger partial charge in [-0.3, -0.25) is 4.98 Å². The number of hydrogen-bond donors (Lipinski definition) is 4. The Kier molecular flexibility index (Phi) is 6.26. The molecule has 1 atom stereocenters. The lowest BCUT2D eigenvalue weighted by Gasteiger charge is -2.22. The van der Waals surface area contributed by atoms with Crippen LogP contribution in [0.5, 0.6) is 0 Å². The van der Waals surface area contributed by atoms with Crippen LogP contribution in [0.4, 0.5) is 43.4 Å². The number of nitrogens with one attached hydrogen (secondary N) is 3. The summed E-state index contributed by atoms with van der Waals surface area (Å²) < 4.78 is 84.2. The fourth-order valence-electron chi connectivity index (χ4n) is 4.76. The average Bonchev–Trinajstić information content (AvgIpc) is 3.42. The van der Waals surface area contributed by atoms with Gasteiger partial charge in [-0.2, -0.15) is 26.3 Å². The van der Waals surface area contributed by atoms with Gasteiger partial charge >= 0.3 is 12.4 Å². The van der Waals surface area contributed by atoms with Crippen LogP contribution in [0.2, 0.25) is 0 Å². The maximum absolute atomic E-state index is 14.0. The van der Waals surface area contributed by atoms with Crippen molar-refractivity contribution in [1.29, 1.82) is 0 Å². The van der Waals surface area contributed by atoms with Gasteiger partial charge in [-0.1, -0.05) is 18.2 Å². The molecule has 0 radical (unpaired) electrons. The third-order valence-electron chi connectivity index (χ3n) is 6.47. The lowest BCUT2D eigenvalue weighted by Crippen LogP contribution is -2.19. The normalized spacial score (nSPS) is 15.7. The third-order valence-corrected chi connectivity index (χ3v) is 6.47. The second-order valence-corrected chi connectivity index (χ2v) is 8.88. The molecule has 5 nitrogen and oxygen atoms in total. The molecule has 0 spiro atoms. The molecule has 4 aromatic rings. The van der Waals surface area contributed by atoms with Crippen molar-refractivity contribution in [3.63, 3.8) is 0 Å². The number of nitrogens with zero attached hydrogens (tertiary/aromatic N) is 1. The average molecular weight is 520 g/mol. The Hall–Kier alpha value is -3.73. The van der Waals surface area contributed by atoms with Crippen LogP contribution in [0, 0.1) is 0 Å². The maximum Gasteiger partial charge on any atom is 0.418 e. The van der Waals surface area contributed by atoms with E-state index in [1.165, 1.54) is 12.3 Å². The van der Waals surface area contributed by atoms with Crippen LogP contribution in [0.1, 0.15) is 40.5 Å². The second kappa shape index (κ2) is 9.29. The number of fused-ring (bicyclic) bond motifs is 2. The number of para-hydroxylation sites is 1. The summed E-state index contributed by atoms with van der Waals surface area (Å²) in [6.07, 6.45) is -6.87. The summed E-state index contributed by atoms with van der Waals surface area (Å²) in [5.41, 5.74) is -1.37. The minimum atomic E-state index is -5.04. The number of benzene rings is 2. The van der Waals surface area contributed by atoms with Crippen molar-refractivity contribution in [2.75, 3.05) is 17.2 Å². The van der Waals surface area contributed by atoms with Gasteiger partial charge < -0.3 is 20.7 Å². The Bertz CT molecular complexity index is 1410. The first-order chi connectivity index (χ1) is 17.5. The monoisotopic (exact) mass is 520 g/mol. The number of aromatic nitrogens is 2. The van der Waals surface area contributed by atoms with E-state index in [0.717, 1.165) is 16.5 Å². The molecule has 194 valence electrons. The van der Waals surface area contributed by atoms with Gasteiger partial charge in [0.2, 0.25) is 0 Å². The summed E-state index contributed by atoms with van der Waals surface area (Å²) in [7, 11) is 0. The minimum absolute atomic E-state index is 0.142. The molecule has 2 aromatic carbocycles. The Balaban J connectivity index is 1.49. The van der Waals surface area contributed by atoms with Gasteiger partial charge in [-0.15, -0.1) is 0 Å². The largest absolute Gasteiger partial charge is 0.418 e. The molecule has 11 heteroatoms. The highest BCUT2D eigenvalue weighted by Crippen LogP contribution is 2.45. The fraction of sp³-hybridized carbons (Fsp3) is 0.269. The number of hydrogen-bond acceptors (Lipinski definition) is 4. The summed E-state index contributed by atoms with van der Waals surface area (Å²) >= 11 is 0. The molecule has 1 unspecified atom stereocenters. The summed E-state index contributed by atoms with van der Waals surface area (Å²) in [6, 6.07) is 10.1. The van der Waals surface area contributed by atoms with Crippen molar-refractivity contribution < 1.29 is 31.4 Å². The lowest BCUT2D eigenvalue weighted by atomic mass is 10.0. The van der Waals surface area contributed by atoms with E-state index in [0.29, 0.717) is 41.9 Å². The van der Waals surface area contributed by atoms with E-state index in [9.17, 15) is 31.4 Å². The van der Waals surface area contributed by atoms with Crippen molar-refractivity contribution in [3.05, 3.63) is 82.8 Å². The number of aliphatic hydroxyl groups excluding tert-OH is 1. The first kappa shape index (κ1) is 24.9. The molecular weight excluding hydrogens is 498 g/mol. The highest BCUT2D eigenvalue weighted by molar-refractivity contribution is 5.83. The Morgan fingerprint density at radius 2 is 1.70 bits per heavy atom. The smallest absolute Gasteiger partial charge is 0.387 e. The molecule has 2 aromatic heterocycles. The highest BCUT2D eigenvalue weighted by Gasteiger charge is 2.41. The van der Waals surface area contributed by atoms with Gasteiger partial charge in [-0.25, -0.2) is 0 Å². The zero-order valence-electron chi connectivity index (χ0n) is 19.3. The molecule has 1 aliphatic carbocycles. The van der Waals surface area contributed by atoms with Crippen LogP contribution in [-0.4, -0.2) is 21.6 Å². The van der Waals surface area contributed by atoms with E-state index in [1.807, 2.05) is 18.2 Å². The predicted octanol–water partition coefficient (Wildman–Crippen LogP) is 6.98. The number of rotatable bonds is 6. The summed E-state index contributed by atoms with van der Waals surface area (Å²) in [5, 5.41) is 16.0. The summed E-state index contributed by atoms with van der Waals surface area (Å²) in [5.74, 6) is 0. The van der Waals surface area contributed by atoms with Gasteiger partial charge in [-0.05, 0) is 54.7 Å². The van der Waals surface area contributed by atoms with Crippen molar-refractivity contribution in [3.8, 4) is 0 Å². The van der Waals surface area contributed by atoms with E-state index in [4.69, 9.17) is 0 Å². The van der Waals surface area contributed by atoms with Crippen molar-refractivity contribution >= 4 is 28.0 Å².